The average Bonchev–Trinajstić information content (AvgIpc) is 3.51. The van der Waals surface area contributed by atoms with E-state index in [2.05, 4.69) is 40.7 Å². The fourth-order valence-electron chi connectivity index (χ4n) is 4.25. The number of benzene rings is 1. The zero-order chi connectivity index (χ0) is 27.2. The minimum atomic E-state index is -4.44. The summed E-state index contributed by atoms with van der Waals surface area (Å²) in [6.07, 6.45) is 0.0964. The minimum absolute atomic E-state index is 0.0105. The van der Waals surface area contributed by atoms with Gasteiger partial charge in [-0.1, -0.05) is 12.1 Å². The van der Waals surface area contributed by atoms with Gasteiger partial charge >= 0.3 is 6.18 Å². The third-order valence-electron chi connectivity index (χ3n) is 6.70. The Kier molecular flexibility index (Phi) is 5.78. The molecule has 0 unspecified atom stereocenters. The normalized spacial score (nSPS) is 15.2. The Morgan fingerprint density at radius 2 is 1.79 bits per heavy atom. The average molecular weight is 533 g/mol. The van der Waals surface area contributed by atoms with E-state index in [-0.39, 0.29) is 36.2 Å². The van der Waals surface area contributed by atoms with E-state index in [0.29, 0.717) is 22.6 Å². The van der Waals surface area contributed by atoms with E-state index in [1.54, 1.807) is 41.5 Å². The van der Waals surface area contributed by atoms with Gasteiger partial charge in [0.05, 0.1) is 22.9 Å². The van der Waals surface area contributed by atoms with Crippen molar-refractivity contribution in [1.29, 1.82) is 0 Å². The molecule has 39 heavy (non-hydrogen) atoms. The van der Waals surface area contributed by atoms with Gasteiger partial charge in [0.25, 0.3) is 0 Å². The van der Waals surface area contributed by atoms with Gasteiger partial charge < -0.3 is 16.4 Å². The van der Waals surface area contributed by atoms with Crippen LogP contribution >= 0.6 is 0 Å². The molecule has 13 heteroatoms. The van der Waals surface area contributed by atoms with Gasteiger partial charge in [-0.2, -0.15) is 23.3 Å². The molecule has 4 aromatic heterocycles. The molecule has 4 heterocycles. The van der Waals surface area contributed by atoms with Gasteiger partial charge in [0, 0.05) is 11.8 Å². The lowest BCUT2D eigenvalue weighted by molar-refractivity contribution is -0.151. The smallest absolute Gasteiger partial charge is 0.384 e. The molecule has 1 fully saturated rings. The summed E-state index contributed by atoms with van der Waals surface area (Å²) in [5.74, 6) is 0.541. The van der Waals surface area contributed by atoms with Crippen LogP contribution in [0.4, 0.5) is 30.8 Å². The van der Waals surface area contributed by atoms with E-state index < -0.39 is 11.7 Å². The molecule has 6 rings (SSSR count). The molecule has 198 valence electrons. The Morgan fingerprint density at radius 3 is 2.44 bits per heavy atom. The van der Waals surface area contributed by atoms with Gasteiger partial charge in [-0.05, 0) is 61.7 Å². The number of pyridine rings is 2. The van der Waals surface area contributed by atoms with Gasteiger partial charge in [-0.3, -0.25) is 0 Å². The molecule has 1 aliphatic rings. The SMILES string of the molecule is C[C@@H](Nc1nc(NC2(C(F)(F)F)CC2)c2nc(-c3ccc(N)nc3)ccc2n1)c1ccc(-n2cncn2)cc1. The van der Waals surface area contributed by atoms with Crippen LogP contribution in [0.3, 0.4) is 0 Å². The number of nitrogens with one attached hydrogen (secondary N) is 2. The molecule has 1 saturated carbocycles. The van der Waals surface area contributed by atoms with E-state index >= 15 is 0 Å². The van der Waals surface area contributed by atoms with Gasteiger partial charge in [0.1, 0.15) is 29.5 Å². The fraction of sp³-hybridized carbons (Fsp3) is 0.231. The second-order valence-corrected chi connectivity index (χ2v) is 9.43. The zero-order valence-corrected chi connectivity index (χ0v) is 20.7. The van der Waals surface area contributed by atoms with E-state index in [9.17, 15) is 13.2 Å². The number of rotatable bonds is 7. The summed E-state index contributed by atoms with van der Waals surface area (Å²) in [6, 6.07) is 14.2. The van der Waals surface area contributed by atoms with Crippen molar-refractivity contribution >= 4 is 28.6 Å². The van der Waals surface area contributed by atoms with Crippen molar-refractivity contribution in [3.8, 4) is 16.9 Å². The number of nitrogens with zero attached hydrogens (tertiary/aromatic N) is 7. The van der Waals surface area contributed by atoms with Gasteiger partial charge in [-0.15, -0.1) is 0 Å². The molecule has 0 bridgehead atoms. The molecule has 1 aromatic carbocycles. The van der Waals surface area contributed by atoms with E-state index in [1.165, 1.54) is 6.33 Å². The van der Waals surface area contributed by atoms with Gasteiger partial charge in [0.15, 0.2) is 5.82 Å². The monoisotopic (exact) mass is 532 g/mol. The van der Waals surface area contributed by atoms with Crippen LogP contribution in [0.15, 0.2) is 67.4 Å². The molecule has 0 radical (unpaired) electrons. The maximum Gasteiger partial charge on any atom is 0.411 e. The largest absolute Gasteiger partial charge is 0.411 e. The van der Waals surface area contributed by atoms with E-state index in [4.69, 9.17) is 5.73 Å². The van der Waals surface area contributed by atoms with Crippen LogP contribution < -0.4 is 16.4 Å². The van der Waals surface area contributed by atoms with Crippen molar-refractivity contribution in [3.05, 3.63) is 72.9 Å². The lowest BCUT2D eigenvalue weighted by Crippen LogP contribution is -2.39. The molecular formula is C26H23F3N10. The lowest BCUT2D eigenvalue weighted by Gasteiger charge is -2.23. The number of fused-ring (bicyclic) bond motifs is 1. The van der Waals surface area contributed by atoms with Crippen LogP contribution in [0.25, 0.3) is 28.0 Å². The number of aromatic nitrogens is 7. The second-order valence-electron chi connectivity index (χ2n) is 9.43. The first kappa shape index (κ1) is 24.5. The van der Waals surface area contributed by atoms with Crippen LogP contribution in [-0.2, 0) is 0 Å². The Bertz CT molecular complexity index is 1610. The van der Waals surface area contributed by atoms with Crippen molar-refractivity contribution in [1.82, 2.24) is 34.7 Å². The summed E-state index contributed by atoms with van der Waals surface area (Å²) < 4.78 is 43.2. The first-order valence-electron chi connectivity index (χ1n) is 12.2. The minimum Gasteiger partial charge on any atom is -0.384 e. The summed E-state index contributed by atoms with van der Waals surface area (Å²) in [7, 11) is 0. The molecular weight excluding hydrogens is 509 g/mol. The molecule has 0 aliphatic heterocycles. The van der Waals surface area contributed by atoms with Crippen molar-refractivity contribution in [2.45, 2.75) is 37.5 Å². The van der Waals surface area contributed by atoms with Crippen molar-refractivity contribution in [2.24, 2.45) is 0 Å². The third-order valence-corrected chi connectivity index (χ3v) is 6.70. The molecule has 0 amide bonds. The molecule has 4 N–H and O–H groups in total. The summed E-state index contributed by atoms with van der Waals surface area (Å²) in [5, 5.41) is 9.98. The number of nitrogens with two attached hydrogens (primary N) is 1. The summed E-state index contributed by atoms with van der Waals surface area (Å²) >= 11 is 0. The quantitative estimate of drug-likeness (QED) is 0.267. The van der Waals surface area contributed by atoms with Crippen molar-refractivity contribution < 1.29 is 13.2 Å². The maximum absolute atomic E-state index is 13.9. The lowest BCUT2D eigenvalue weighted by atomic mass is 10.1. The topological polar surface area (TPSA) is 132 Å². The first-order valence-corrected chi connectivity index (χ1v) is 12.2. The van der Waals surface area contributed by atoms with Gasteiger partial charge in [0.2, 0.25) is 5.95 Å². The first-order chi connectivity index (χ1) is 18.7. The predicted octanol–water partition coefficient (Wildman–Crippen LogP) is 4.93. The number of alkyl halides is 3. The molecule has 1 aliphatic carbocycles. The van der Waals surface area contributed by atoms with Crippen molar-refractivity contribution in [2.75, 3.05) is 16.4 Å². The Labute approximate surface area is 220 Å². The van der Waals surface area contributed by atoms with Crippen LogP contribution in [-0.4, -0.2) is 46.4 Å². The molecule has 10 nitrogen and oxygen atoms in total. The van der Waals surface area contributed by atoms with Crippen molar-refractivity contribution in [3.63, 3.8) is 0 Å². The van der Waals surface area contributed by atoms with Crippen LogP contribution in [0.5, 0.6) is 0 Å². The Hall–Kier alpha value is -4.81. The zero-order valence-electron chi connectivity index (χ0n) is 20.7. The highest BCUT2D eigenvalue weighted by Crippen LogP contribution is 2.51. The van der Waals surface area contributed by atoms with Crippen LogP contribution in [0, 0.1) is 0 Å². The Balaban J connectivity index is 1.34. The standard InChI is InChI=1S/C26H23F3N10/c1-15(16-2-5-18(6-3-16)39-14-31-13-33-39)34-24-36-20-8-7-19(17-4-9-21(30)32-12-17)35-22(20)23(37-24)38-25(10-11-25)26(27,28)29/h2-9,12-15H,10-11H2,1H3,(H2,30,32)(H2,34,36,37,38)/t15-/m1/s1. The molecule has 0 spiro atoms. The van der Waals surface area contributed by atoms with E-state index in [1.807, 2.05) is 31.2 Å². The highest BCUT2D eigenvalue weighted by Gasteiger charge is 2.64. The van der Waals surface area contributed by atoms with E-state index in [0.717, 1.165) is 11.3 Å². The fourth-order valence-corrected chi connectivity index (χ4v) is 4.25. The summed E-state index contributed by atoms with van der Waals surface area (Å²) in [4.78, 5) is 21.6. The number of anilines is 3. The second kappa shape index (κ2) is 9.19. The summed E-state index contributed by atoms with van der Waals surface area (Å²) in [6.45, 7) is 1.92. The molecule has 1 atom stereocenters. The predicted molar refractivity (Wildman–Crippen MR) is 140 cm³/mol. The third kappa shape index (κ3) is 4.78. The highest BCUT2D eigenvalue weighted by molar-refractivity contribution is 5.88. The number of hydrogen-bond acceptors (Lipinski definition) is 9. The number of hydrogen-bond donors (Lipinski definition) is 3. The van der Waals surface area contributed by atoms with Crippen LogP contribution in [0.1, 0.15) is 31.4 Å². The maximum atomic E-state index is 13.9. The molecule has 5 aromatic rings. The molecule has 0 saturated heterocycles. The number of nitrogen functional groups attached to an aromatic ring is 1. The number of halogens is 3. The Morgan fingerprint density at radius 1 is 1.00 bits per heavy atom. The van der Waals surface area contributed by atoms with Gasteiger partial charge in [-0.25, -0.2) is 24.6 Å². The van der Waals surface area contributed by atoms with Crippen LogP contribution in [0.2, 0.25) is 0 Å². The summed E-state index contributed by atoms with van der Waals surface area (Å²) in [5.41, 5.74) is 7.23. The highest BCUT2D eigenvalue weighted by atomic mass is 19.4.